The Kier molecular flexibility index (Phi) is 5.15. The number of benzene rings is 1. The molecule has 0 spiro atoms. The number of rotatable bonds is 4. The molecule has 0 aromatic heterocycles. The third kappa shape index (κ3) is 3.96. The van der Waals surface area contributed by atoms with Crippen molar-refractivity contribution >= 4 is 27.7 Å². The third-order valence-electron chi connectivity index (χ3n) is 2.54. The average Bonchev–Trinajstić information content (AvgIpc) is 2.34. The van der Waals surface area contributed by atoms with Gasteiger partial charge in [0.05, 0.1) is 17.7 Å². The van der Waals surface area contributed by atoms with E-state index in [1.54, 1.807) is 6.92 Å². The monoisotopic (exact) mass is 352 g/mol. The van der Waals surface area contributed by atoms with E-state index in [-0.39, 0.29) is 23.1 Å². The number of hydrogen-bond donors (Lipinski definition) is 1. The zero-order valence-corrected chi connectivity index (χ0v) is 12.1. The average molecular weight is 353 g/mol. The lowest BCUT2D eigenvalue weighted by Crippen LogP contribution is -2.38. The van der Waals surface area contributed by atoms with Gasteiger partial charge in [0.2, 0.25) is 5.91 Å². The fourth-order valence-corrected chi connectivity index (χ4v) is 1.97. The lowest BCUT2D eigenvalue weighted by molar-refractivity contribution is -0.137. The van der Waals surface area contributed by atoms with Gasteiger partial charge in [-0.3, -0.25) is 9.59 Å². The Morgan fingerprint density at radius 3 is 2.40 bits per heavy atom. The maximum Gasteiger partial charge on any atom is 0.416 e. The topological polar surface area (TPSA) is 63.4 Å². The largest absolute Gasteiger partial charge is 0.416 e. The molecule has 0 radical (unpaired) electrons. The minimum Gasteiger partial charge on any atom is -0.368 e. The van der Waals surface area contributed by atoms with Crippen LogP contribution in [-0.2, 0) is 11.0 Å². The van der Waals surface area contributed by atoms with Gasteiger partial charge in [0.25, 0.3) is 5.91 Å². The summed E-state index contributed by atoms with van der Waals surface area (Å²) in [4.78, 5) is 24.1. The molecule has 0 atom stereocenters. The van der Waals surface area contributed by atoms with Gasteiger partial charge in [0.1, 0.15) is 0 Å². The van der Waals surface area contributed by atoms with Gasteiger partial charge in [-0.25, -0.2) is 0 Å². The SMILES string of the molecule is CCN(CC(N)=O)C(=O)c1cc(C(F)(F)F)ccc1Br. The van der Waals surface area contributed by atoms with E-state index < -0.39 is 23.6 Å². The summed E-state index contributed by atoms with van der Waals surface area (Å²) in [5.74, 6) is -1.42. The summed E-state index contributed by atoms with van der Waals surface area (Å²) >= 11 is 3.03. The van der Waals surface area contributed by atoms with E-state index in [9.17, 15) is 22.8 Å². The number of nitrogens with two attached hydrogens (primary N) is 1. The molecule has 0 bridgehead atoms. The molecule has 20 heavy (non-hydrogen) atoms. The van der Waals surface area contributed by atoms with Crippen LogP contribution in [0.2, 0.25) is 0 Å². The predicted octanol–water partition coefficient (Wildman–Crippen LogP) is 2.42. The zero-order chi connectivity index (χ0) is 15.5. The summed E-state index contributed by atoms with van der Waals surface area (Å²) in [7, 11) is 0. The molecule has 1 rings (SSSR count). The second kappa shape index (κ2) is 6.25. The van der Waals surface area contributed by atoms with Crippen LogP contribution in [0.4, 0.5) is 13.2 Å². The fourth-order valence-electron chi connectivity index (χ4n) is 1.55. The Morgan fingerprint density at radius 1 is 1.35 bits per heavy atom. The van der Waals surface area contributed by atoms with Gasteiger partial charge in [0, 0.05) is 11.0 Å². The third-order valence-corrected chi connectivity index (χ3v) is 3.23. The number of likely N-dealkylation sites (N-methyl/N-ethyl adjacent to an activating group) is 1. The minimum absolute atomic E-state index is 0.157. The van der Waals surface area contributed by atoms with Crippen LogP contribution >= 0.6 is 15.9 Å². The first-order chi connectivity index (χ1) is 9.16. The molecule has 2 amide bonds. The van der Waals surface area contributed by atoms with Crippen LogP contribution in [0.1, 0.15) is 22.8 Å². The normalized spacial score (nSPS) is 11.2. The lowest BCUT2D eigenvalue weighted by atomic mass is 10.1. The first kappa shape index (κ1) is 16.5. The second-order valence-corrected chi connectivity index (χ2v) is 4.83. The van der Waals surface area contributed by atoms with Crippen LogP contribution in [-0.4, -0.2) is 29.8 Å². The highest BCUT2D eigenvalue weighted by atomic mass is 79.9. The molecule has 0 saturated carbocycles. The number of amides is 2. The van der Waals surface area contributed by atoms with Gasteiger partial charge < -0.3 is 10.6 Å². The van der Waals surface area contributed by atoms with Crippen molar-refractivity contribution in [2.24, 2.45) is 5.73 Å². The molecule has 0 aliphatic rings. The van der Waals surface area contributed by atoms with Gasteiger partial charge in [0.15, 0.2) is 0 Å². The van der Waals surface area contributed by atoms with Crippen molar-refractivity contribution in [2.45, 2.75) is 13.1 Å². The number of primary amides is 1. The van der Waals surface area contributed by atoms with Crippen LogP contribution in [0.25, 0.3) is 0 Å². The van der Waals surface area contributed by atoms with Gasteiger partial charge >= 0.3 is 6.18 Å². The summed E-state index contributed by atoms with van der Waals surface area (Å²) < 4.78 is 38.1. The van der Waals surface area contributed by atoms with E-state index >= 15 is 0 Å². The highest BCUT2D eigenvalue weighted by molar-refractivity contribution is 9.10. The van der Waals surface area contributed by atoms with Gasteiger partial charge in [-0.15, -0.1) is 0 Å². The highest BCUT2D eigenvalue weighted by Crippen LogP contribution is 2.32. The predicted molar refractivity (Wildman–Crippen MR) is 69.9 cm³/mol. The van der Waals surface area contributed by atoms with E-state index in [1.165, 1.54) is 0 Å². The second-order valence-electron chi connectivity index (χ2n) is 3.98. The molecule has 0 aliphatic heterocycles. The highest BCUT2D eigenvalue weighted by Gasteiger charge is 2.32. The summed E-state index contributed by atoms with van der Waals surface area (Å²) in [6, 6.07) is 2.76. The molecule has 0 aliphatic carbocycles. The molecule has 2 N–H and O–H groups in total. The smallest absolute Gasteiger partial charge is 0.368 e. The molecule has 0 saturated heterocycles. The Hall–Kier alpha value is -1.57. The number of hydrogen-bond acceptors (Lipinski definition) is 2. The molecule has 110 valence electrons. The van der Waals surface area contributed by atoms with Crippen LogP contribution in [0.15, 0.2) is 22.7 Å². The van der Waals surface area contributed by atoms with Crippen molar-refractivity contribution in [1.29, 1.82) is 0 Å². The molecule has 8 heteroatoms. The minimum atomic E-state index is -4.55. The van der Waals surface area contributed by atoms with E-state index in [4.69, 9.17) is 5.73 Å². The first-order valence-electron chi connectivity index (χ1n) is 5.61. The van der Waals surface area contributed by atoms with Gasteiger partial charge in [-0.05, 0) is 41.1 Å². The molecular weight excluding hydrogens is 341 g/mol. The van der Waals surface area contributed by atoms with E-state index in [1.807, 2.05) is 0 Å². The number of alkyl halides is 3. The molecular formula is C12H12BrF3N2O2. The standard InChI is InChI=1S/C12H12BrF3N2O2/c1-2-18(6-10(17)19)11(20)8-5-7(12(14,15)16)3-4-9(8)13/h3-5H,2,6H2,1H3,(H2,17,19). The number of nitrogens with zero attached hydrogens (tertiary/aromatic N) is 1. The first-order valence-corrected chi connectivity index (χ1v) is 6.40. The fraction of sp³-hybridized carbons (Fsp3) is 0.333. The molecule has 0 heterocycles. The van der Waals surface area contributed by atoms with Crippen LogP contribution in [0.5, 0.6) is 0 Å². The van der Waals surface area contributed by atoms with Gasteiger partial charge in [-0.2, -0.15) is 13.2 Å². The van der Waals surface area contributed by atoms with Crippen LogP contribution < -0.4 is 5.73 Å². The van der Waals surface area contributed by atoms with E-state index in [0.717, 1.165) is 23.1 Å². The maximum atomic E-state index is 12.6. The van der Waals surface area contributed by atoms with Crippen LogP contribution in [0, 0.1) is 0 Å². The van der Waals surface area contributed by atoms with Crippen molar-refractivity contribution in [2.75, 3.05) is 13.1 Å². The van der Waals surface area contributed by atoms with Crippen molar-refractivity contribution in [1.82, 2.24) is 4.90 Å². The van der Waals surface area contributed by atoms with Crippen molar-refractivity contribution in [3.63, 3.8) is 0 Å². The number of halogens is 4. The molecule has 1 aromatic carbocycles. The Morgan fingerprint density at radius 2 is 1.95 bits per heavy atom. The van der Waals surface area contributed by atoms with Crippen LogP contribution in [0.3, 0.4) is 0 Å². The Labute approximate surface area is 121 Å². The maximum absolute atomic E-state index is 12.6. The Bertz CT molecular complexity index is 532. The Balaban J connectivity index is 3.17. The molecule has 4 nitrogen and oxygen atoms in total. The number of carbonyl (C=O) groups is 2. The molecule has 1 aromatic rings. The lowest BCUT2D eigenvalue weighted by Gasteiger charge is -2.20. The summed E-state index contributed by atoms with van der Waals surface area (Å²) in [5, 5.41) is 0. The molecule has 0 unspecified atom stereocenters. The van der Waals surface area contributed by atoms with E-state index in [0.29, 0.717) is 0 Å². The van der Waals surface area contributed by atoms with Crippen molar-refractivity contribution in [3.05, 3.63) is 33.8 Å². The van der Waals surface area contributed by atoms with Crippen molar-refractivity contribution in [3.8, 4) is 0 Å². The summed E-state index contributed by atoms with van der Waals surface area (Å²) in [6.45, 7) is 1.41. The molecule has 0 fully saturated rings. The van der Waals surface area contributed by atoms with Crippen molar-refractivity contribution < 1.29 is 22.8 Å². The van der Waals surface area contributed by atoms with E-state index in [2.05, 4.69) is 15.9 Å². The summed E-state index contributed by atoms with van der Waals surface area (Å²) in [6.07, 6.45) is -4.55. The quantitative estimate of drug-likeness (QED) is 0.904. The summed E-state index contributed by atoms with van der Waals surface area (Å²) in [5.41, 5.74) is 3.90. The van der Waals surface area contributed by atoms with Gasteiger partial charge in [-0.1, -0.05) is 0 Å². The number of carbonyl (C=O) groups excluding carboxylic acids is 2. The zero-order valence-electron chi connectivity index (χ0n) is 10.5.